The third kappa shape index (κ3) is 3.95. The van der Waals surface area contributed by atoms with Gasteiger partial charge in [0.15, 0.2) is 0 Å². The van der Waals surface area contributed by atoms with E-state index in [-0.39, 0.29) is 17.0 Å². The molecule has 0 radical (unpaired) electrons. The molecule has 0 bridgehead atoms. The molecule has 1 aliphatic heterocycles. The third-order valence-electron chi connectivity index (χ3n) is 3.56. The topological polar surface area (TPSA) is 50.4 Å². The van der Waals surface area contributed by atoms with E-state index in [9.17, 15) is 4.79 Å². The molecule has 1 amide bonds. The van der Waals surface area contributed by atoms with Gasteiger partial charge in [-0.3, -0.25) is 4.79 Å². The van der Waals surface area contributed by atoms with Gasteiger partial charge in [0.2, 0.25) is 5.91 Å². The number of carbonyl (C=O) groups excluding carboxylic acids is 1. The average Bonchev–Trinajstić information content (AvgIpc) is 2.76. The predicted molar refractivity (Wildman–Crippen MR) is 73.6 cm³/mol. The highest BCUT2D eigenvalue weighted by molar-refractivity contribution is 5.86. The molecule has 1 fully saturated rings. The van der Waals surface area contributed by atoms with Gasteiger partial charge in [0.1, 0.15) is 0 Å². The largest absolute Gasteiger partial charge is 0.374 e. The molecule has 0 saturated carbocycles. The van der Waals surface area contributed by atoms with E-state index < -0.39 is 0 Å². The summed E-state index contributed by atoms with van der Waals surface area (Å²) in [4.78, 5) is 12.4. The van der Waals surface area contributed by atoms with Crippen molar-refractivity contribution < 1.29 is 9.53 Å². The average molecular weight is 256 g/mol. The maximum Gasteiger partial charge on any atom is 0.240 e. The molecule has 0 spiro atoms. The Morgan fingerprint density at radius 2 is 2.17 bits per heavy atom. The fraction of sp³-hybridized carbons (Fsp3) is 0.929. The quantitative estimate of drug-likeness (QED) is 0.731. The van der Waals surface area contributed by atoms with Crippen molar-refractivity contribution in [3.63, 3.8) is 0 Å². The molecule has 4 nitrogen and oxygen atoms in total. The summed E-state index contributed by atoms with van der Waals surface area (Å²) in [5.74, 6) is 0.134. The smallest absolute Gasteiger partial charge is 0.240 e. The van der Waals surface area contributed by atoms with Gasteiger partial charge in [-0.05, 0) is 46.6 Å². The summed E-state index contributed by atoms with van der Waals surface area (Å²) in [6.07, 6.45) is 3.97. The molecule has 0 aromatic heterocycles. The van der Waals surface area contributed by atoms with Gasteiger partial charge >= 0.3 is 0 Å². The van der Waals surface area contributed by atoms with Crippen LogP contribution in [0.4, 0.5) is 0 Å². The molecule has 106 valence electrons. The fourth-order valence-corrected chi connectivity index (χ4v) is 2.66. The molecular weight excluding hydrogens is 228 g/mol. The van der Waals surface area contributed by atoms with Crippen molar-refractivity contribution in [1.82, 2.24) is 10.6 Å². The van der Waals surface area contributed by atoms with Crippen LogP contribution >= 0.6 is 0 Å². The van der Waals surface area contributed by atoms with Crippen molar-refractivity contribution in [2.75, 3.05) is 19.7 Å². The predicted octanol–water partition coefficient (Wildman–Crippen LogP) is 1.84. The van der Waals surface area contributed by atoms with Crippen LogP contribution in [0.3, 0.4) is 0 Å². The second-order valence-corrected chi connectivity index (χ2v) is 5.74. The van der Waals surface area contributed by atoms with Gasteiger partial charge in [-0.1, -0.05) is 13.3 Å². The minimum atomic E-state index is -0.336. The maximum absolute atomic E-state index is 12.4. The minimum Gasteiger partial charge on any atom is -0.374 e. The standard InChI is InChI=1S/C14H28N2O2/c1-5-8-14(9-7-10-16-14)12(17)15-11-13(3,4)18-6-2/h16H,5-11H2,1-4H3,(H,15,17). The van der Waals surface area contributed by atoms with Crippen LogP contribution in [0.2, 0.25) is 0 Å². The SMILES string of the molecule is CCCC1(C(=O)NCC(C)(C)OCC)CCCN1. The summed E-state index contributed by atoms with van der Waals surface area (Å²) in [6, 6.07) is 0. The second kappa shape index (κ2) is 6.53. The highest BCUT2D eigenvalue weighted by atomic mass is 16.5. The van der Waals surface area contributed by atoms with Gasteiger partial charge in [0, 0.05) is 13.2 Å². The van der Waals surface area contributed by atoms with Crippen molar-refractivity contribution >= 4 is 5.91 Å². The monoisotopic (exact) mass is 256 g/mol. The Hall–Kier alpha value is -0.610. The normalized spacial score (nSPS) is 24.2. The van der Waals surface area contributed by atoms with E-state index >= 15 is 0 Å². The first kappa shape index (κ1) is 15.4. The van der Waals surface area contributed by atoms with Crippen LogP contribution in [-0.4, -0.2) is 36.7 Å². The Bertz CT molecular complexity index is 271. The number of ether oxygens (including phenoxy) is 1. The van der Waals surface area contributed by atoms with E-state index in [1.807, 2.05) is 20.8 Å². The number of amides is 1. The van der Waals surface area contributed by atoms with Crippen LogP contribution in [0.25, 0.3) is 0 Å². The number of carbonyl (C=O) groups is 1. The third-order valence-corrected chi connectivity index (χ3v) is 3.56. The highest BCUT2D eigenvalue weighted by Gasteiger charge is 2.40. The van der Waals surface area contributed by atoms with E-state index in [1.54, 1.807) is 0 Å². The first-order valence-electron chi connectivity index (χ1n) is 7.13. The molecule has 2 N–H and O–H groups in total. The van der Waals surface area contributed by atoms with Crippen LogP contribution in [0.5, 0.6) is 0 Å². The van der Waals surface area contributed by atoms with E-state index in [0.717, 1.165) is 32.2 Å². The van der Waals surface area contributed by atoms with Crippen LogP contribution < -0.4 is 10.6 Å². The summed E-state index contributed by atoms with van der Waals surface area (Å²) < 4.78 is 5.60. The number of hydrogen-bond acceptors (Lipinski definition) is 3. The minimum absolute atomic E-state index is 0.134. The summed E-state index contributed by atoms with van der Waals surface area (Å²) in [5, 5.41) is 6.44. The molecule has 1 atom stereocenters. The van der Waals surface area contributed by atoms with Gasteiger partial charge in [0.25, 0.3) is 0 Å². The molecule has 0 aromatic rings. The number of rotatable bonds is 7. The van der Waals surface area contributed by atoms with E-state index in [2.05, 4.69) is 17.6 Å². The van der Waals surface area contributed by atoms with Crippen LogP contribution in [0.15, 0.2) is 0 Å². The highest BCUT2D eigenvalue weighted by Crippen LogP contribution is 2.25. The van der Waals surface area contributed by atoms with E-state index in [1.165, 1.54) is 0 Å². The first-order valence-corrected chi connectivity index (χ1v) is 7.13. The van der Waals surface area contributed by atoms with E-state index in [0.29, 0.717) is 13.2 Å². The lowest BCUT2D eigenvalue weighted by molar-refractivity contribution is -0.129. The van der Waals surface area contributed by atoms with Crippen molar-refractivity contribution in [3.05, 3.63) is 0 Å². The summed E-state index contributed by atoms with van der Waals surface area (Å²) >= 11 is 0. The zero-order chi connectivity index (χ0) is 13.6. The summed E-state index contributed by atoms with van der Waals surface area (Å²) in [6.45, 7) is 10.3. The molecule has 0 aliphatic carbocycles. The number of hydrogen-bond donors (Lipinski definition) is 2. The molecule has 4 heteroatoms. The Kier molecular flexibility index (Phi) is 5.60. The summed E-state index contributed by atoms with van der Waals surface area (Å²) in [5.41, 5.74) is -0.631. The van der Waals surface area contributed by atoms with Crippen LogP contribution in [-0.2, 0) is 9.53 Å². The van der Waals surface area contributed by atoms with Crippen LogP contribution in [0.1, 0.15) is 53.4 Å². The lowest BCUT2D eigenvalue weighted by Gasteiger charge is -2.31. The van der Waals surface area contributed by atoms with Gasteiger partial charge in [-0.2, -0.15) is 0 Å². The molecule has 1 rings (SSSR count). The van der Waals surface area contributed by atoms with Gasteiger partial charge in [0.05, 0.1) is 11.1 Å². The number of nitrogens with one attached hydrogen (secondary N) is 2. The van der Waals surface area contributed by atoms with Gasteiger partial charge in [-0.15, -0.1) is 0 Å². The Morgan fingerprint density at radius 3 is 2.67 bits per heavy atom. The van der Waals surface area contributed by atoms with Gasteiger partial charge < -0.3 is 15.4 Å². The fourth-order valence-electron chi connectivity index (χ4n) is 2.66. The van der Waals surface area contributed by atoms with Gasteiger partial charge in [-0.25, -0.2) is 0 Å². The zero-order valence-corrected chi connectivity index (χ0v) is 12.3. The lowest BCUT2D eigenvalue weighted by Crippen LogP contribution is -2.55. The van der Waals surface area contributed by atoms with Crippen molar-refractivity contribution in [2.24, 2.45) is 0 Å². The van der Waals surface area contributed by atoms with Crippen molar-refractivity contribution in [1.29, 1.82) is 0 Å². The van der Waals surface area contributed by atoms with Crippen molar-refractivity contribution in [3.8, 4) is 0 Å². The molecular formula is C14H28N2O2. The van der Waals surface area contributed by atoms with Crippen molar-refractivity contribution in [2.45, 2.75) is 64.5 Å². The lowest BCUT2D eigenvalue weighted by atomic mass is 9.90. The molecule has 1 unspecified atom stereocenters. The Balaban J connectivity index is 2.52. The molecule has 0 aromatic carbocycles. The molecule has 18 heavy (non-hydrogen) atoms. The van der Waals surface area contributed by atoms with Crippen LogP contribution in [0, 0.1) is 0 Å². The second-order valence-electron chi connectivity index (χ2n) is 5.74. The Labute approximate surface area is 111 Å². The first-order chi connectivity index (χ1) is 8.46. The molecule has 1 heterocycles. The maximum atomic E-state index is 12.4. The Morgan fingerprint density at radius 1 is 1.44 bits per heavy atom. The summed E-state index contributed by atoms with van der Waals surface area (Å²) in [7, 11) is 0. The molecule has 1 saturated heterocycles. The molecule has 1 aliphatic rings. The van der Waals surface area contributed by atoms with E-state index in [4.69, 9.17) is 4.74 Å². The zero-order valence-electron chi connectivity index (χ0n) is 12.3.